The molecule has 0 fully saturated rings. The average Bonchev–Trinajstić information content (AvgIpc) is 2.03. The Morgan fingerprint density at radius 2 is 2.23 bits per heavy atom. The van der Waals surface area contributed by atoms with Gasteiger partial charge in [0, 0.05) is 10.7 Å². The van der Waals surface area contributed by atoms with Gasteiger partial charge >= 0.3 is 0 Å². The van der Waals surface area contributed by atoms with Gasteiger partial charge in [0.2, 0.25) is 0 Å². The van der Waals surface area contributed by atoms with E-state index >= 15 is 0 Å². The Morgan fingerprint density at radius 1 is 1.62 bits per heavy atom. The van der Waals surface area contributed by atoms with Gasteiger partial charge in [0.15, 0.2) is 0 Å². The normalized spacial score (nSPS) is 12.6. The van der Waals surface area contributed by atoms with E-state index in [-0.39, 0.29) is 11.7 Å². The molecule has 1 heterocycles. The van der Waals surface area contributed by atoms with Crippen LogP contribution in [0, 0.1) is 6.92 Å². The van der Waals surface area contributed by atoms with Gasteiger partial charge < -0.3 is 0 Å². The van der Waals surface area contributed by atoms with Crippen LogP contribution in [-0.2, 0) is 4.79 Å². The standard InChI is InChI=1S/C10H12BrNO/c1-6-4-9(11)5-12-10(6)7(2)8(3)13/h4-5,7H,1-3H3. The Hall–Kier alpha value is -0.700. The molecule has 0 saturated carbocycles. The molecule has 0 bridgehead atoms. The van der Waals surface area contributed by atoms with E-state index in [9.17, 15) is 4.79 Å². The van der Waals surface area contributed by atoms with E-state index in [1.807, 2.05) is 19.9 Å². The third kappa shape index (κ3) is 2.37. The lowest BCUT2D eigenvalue weighted by atomic mass is 9.99. The number of aryl methyl sites for hydroxylation is 1. The number of nitrogens with zero attached hydrogens (tertiary/aromatic N) is 1. The molecule has 2 nitrogen and oxygen atoms in total. The molecule has 0 aliphatic heterocycles. The first kappa shape index (κ1) is 10.4. The second kappa shape index (κ2) is 4.01. The van der Waals surface area contributed by atoms with Crippen molar-refractivity contribution < 1.29 is 4.79 Å². The molecule has 13 heavy (non-hydrogen) atoms. The number of Topliss-reactive ketones (excluding diaryl/α,β-unsaturated/α-hetero) is 1. The van der Waals surface area contributed by atoms with E-state index in [0.717, 1.165) is 15.7 Å². The summed E-state index contributed by atoms with van der Waals surface area (Å²) in [5, 5.41) is 0. The number of hydrogen-bond acceptors (Lipinski definition) is 2. The SMILES string of the molecule is CC(=O)C(C)c1ncc(Br)cc1C. The number of pyridine rings is 1. The molecule has 1 rings (SSSR count). The molecule has 0 radical (unpaired) electrons. The van der Waals surface area contributed by atoms with E-state index in [2.05, 4.69) is 20.9 Å². The van der Waals surface area contributed by atoms with Crippen LogP contribution in [0.15, 0.2) is 16.7 Å². The van der Waals surface area contributed by atoms with Gasteiger partial charge in [-0.2, -0.15) is 0 Å². The number of rotatable bonds is 2. The van der Waals surface area contributed by atoms with Gasteiger partial charge in [-0.3, -0.25) is 9.78 Å². The molecule has 0 aromatic carbocycles. The molecule has 70 valence electrons. The van der Waals surface area contributed by atoms with Crippen LogP contribution in [0.5, 0.6) is 0 Å². The van der Waals surface area contributed by atoms with Gasteiger partial charge in [-0.25, -0.2) is 0 Å². The second-order valence-corrected chi connectivity index (χ2v) is 4.10. The van der Waals surface area contributed by atoms with Crippen molar-refractivity contribution in [3.8, 4) is 0 Å². The highest BCUT2D eigenvalue weighted by molar-refractivity contribution is 9.10. The molecular formula is C10H12BrNO. The number of ketones is 1. The van der Waals surface area contributed by atoms with Crippen molar-refractivity contribution in [3.63, 3.8) is 0 Å². The van der Waals surface area contributed by atoms with Crippen LogP contribution in [0.3, 0.4) is 0 Å². The number of hydrogen-bond donors (Lipinski definition) is 0. The predicted molar refractivity (Wildman–Crippen MR) is 55.8 cm³/mol. The lowest BCUT2D eigenvalue weighted by Crippen LogP contribution is -2.08. The molecule has 1 aromatic heterocycles. The van der Waals surface area contributed by atoms with E-state index in [1.54, 1.807) is 13.1 Å². The molecule has 1 unspecified atom stereocenters. The number of carbonyl (C=O) groups excluding carboxylic acids is 1. The lowest BCUT2D eigenvalue weighted by Gasteiger charge is -2.09. The highest BCUT2D eigenvalue weighted by atomic mass is 79.9. The molecular weight excluding hydrogens is 230 g/mol. The molecule has 1 aromatic rings. The van der Waals surface area contributed by atoms with Crippen molar-refractivity contribution in [1.82, 2.24) is 4.98 Å². The Kier molecular flexibility index (Phi) is 3.20. The van der Waals surface area contributed by atoms with Gasteiger partial charge in [0.1, 0.15) is 5.78 Å². The van der Waals surface area contributed by atoms with Crippen LogP contribution in [0.4, 0.5) is 0 Å². The van der Waals surface area contributed by atoms with Crippen molar-refractivity contribution in [2.24, 2.45) is 0 Å². The summed E-state index contributed by atoms with van der Waals surface area (Å²) in [7, 11) is 0. The van der Waals surface area contributed by atoms with Gasteiger partial charge in [-0.15, -0.1) is 0 Å². The molecule has 0 spiro atoms. The first-order chi connectivity index (χ1) is 6.02. The van der Waals surface area contributed by atoms with Crippen LogP contribution in [-0.4, -0.2) is 10.8 Å². The maximum Gasteiger partial charge on any atom is 0.138 e. The zero-order valence-corrected chi connectivity index (χ0v) is 9.55. The highest BCUT2D eigenvalue weighted by Crippen LogP contribution is 2.20. The van der Waals surface area contributed by atoms with Gasteiger partial charge in [0.05, 0.1) is 11.6 Å². The summed E-state index contributed by atoms with van der Waals surface area (Å²) >= 11 is 3.33. The maximum atomic E-state index is 11.1. The van der Waals surface area contributed by atoms with Crippen LogP contribution in [0.2, 0.25) is 0 Å². The molecule has 1 atom stereocenters. The summed E-state index contributed by atoms with van der Waals surface area (Å²) in [6, 6.07) is 1.97. The van der Waals surface area contributed by atoms with Crippen LogP contribution >= 0.6 is 15.9 Å². The fourth-order valence-corrected chi connectivity index (χ4v) is 1.64. The number of halogens is 1. The molecule has 0 aliphatic carbocycles. The Morgan fingerprint density at radius 3 is 2.69 bits per heavy atom. The predicted octanol–water partition coefficient (Wildman–Crippen LogP) is 2.85. The molecule has 0 saturated heterocycles. The quantitative estimate of drug-likeness (QED) is 0.798. The van der Waals surface area contributed by atoms with E-state index in [1.165, 1.54) is 0 Å². The summed E-state index contributed by atoms with van der Waals surface area (Å²) in [5.74, 6) is 0.0472. The van der Waals surface area contributed by atoms with Crippen LogP contribution in [0.1, 0.15) is 31.0 Å². The Labute approximate surface area is 86.5 Å². The molecule has 0 N–H and O–H groups in total. The van der Waals surface area contributed by atoms with Crippen molar-refractivity contribution in [2.45, 2.75) is 26.7 Å². The second-order valence-electron chi connectivity index (χ2n) is 3.19. The van der Waals surface area contributed by atoms with E-state index in [4.69, 9.17) is 0 Å². The summed E-state index contributed by atoms with van der Waals surface area (Å²) in [5.41, 5.74) is 1.92. The first-order valence-electron chi connectivity index (χ1n) is 4.15. The summed E-state index contributed by atoms with van der Waals surface area (Å²) in [6.07, 6.45) is 1.72. The highest BCUT2D eigenvalue weighted by Gasteiger charge is 2.14. The minimum atomic E-state index is -0.104. The molecule has 0 amide bonds. The van der Waals surface area contributed by atoms with Crippen molar-refractivity contribution in [1.29, 1.82) is 0 Å². The third-order valence-corrected chi connectivity index (χ3v) is 2.54. The molecule has 3 heteroatoms. The zero-order chi connectivity index (χ0) is 10.0. The van der Waals surface area contributed by atoms with Gasteiger partial charge in [-0.1, -0.05) is 0 Å². The summed E-state index contributed by atoms with van der Waals surface area (Å²) in [6.45, 7) is 5.44. The Bertz CT molecular complexity index is 336. The van der Waals surface area contributed by atoms with Crippen molar-refractivity contribution in [2.75, 3.05) is 0 Å². The van der Waals surface area contributed by atoms with Crippen LogP contribution in [0.25, 0.3) is 0 Å². The maximum absolute atomic E-state index is 11.1. The van der Waals surface area contributed by atoms with Crippen LogP contribution < -0.4 is 0 Å². The molecule has 0 aliphatic rings. The number of carbonyl (C=O) groups is 1. The zero-order valence-electron chi connectivity index (χ0n) is 7.97. The first-order valence-corrected chi connectivity index (χ1v) is 4.94. The van der Waals surface area contributed by atoms with Gasteiger partial charge in [0.25, 0.3) is 0 Å². The third-order valence-electron chi connectivity index (χ3n) is 2.11. The van der Waals surface area contributed by atoms with E-state index < -0.39 is 0 Å². The summed E-state index contributed by atoms with van der Waals surface area (Å²) in [4.78, 5) is 15.4. The number of aromatic nitrogens is 1. The van der Waals surface area contributed by atoms with Gasteiger partial charge in [-0.05, 0) is 48.3 Å². The fourth-order valence-electron chi connectivity index (χ4n) is 1.20. The summed E-state index contributed by atoms with van der Waals surface area (Å²) < 4.78 is 0.949. The topological polar surface area (TPSA) is 30.0 Å². The fraction of sp³-hybridized carbons (Fsp3) is 0.400. The smallest absolute Gasteiger partial charge is 0.138 e. The monoisotopic (exact) mass is 241 g/mol. The Balaban J connectivity index is 3.08. The minimum Gasteiger partial charge on any atom is -0.299 e. The van der Waals surface area contributed by atoms with Crippen molar-refractivity contribution in [3.05, 3.63) is 28.0 Å². The minimum absolute atomic E-state index is 0.104. The van der Waals surface area contributed by atoms with Crippen molar-refractivity contribution >= 4 is 21.7 Å². The van der Waals surface area contributed by atoms with E-state index in [0.29, 0.717) is 0 Å². The average molecular weight is 242 g/mol. The largest absolute Gasteiger partial charge is 0.299 e. The lowest BCUT2D eigenvalue weighted by molar-refractivity contribution is -0.118.